The number of aryl methyl sites for hydroxylation is 1. The van der Waals surface area contributed by atoms with Crippen molar-refractivity contribution in [1.29, 1.82) is 0 Å². The molecule has 1 aromatic carbocycles. The fourth-order valence-corrected chi connectivity index (χ4v) is 5.99. The van der Waals surface area contributed by atoms with E-state index < -0.39 is 0 Å². The summed E-state index contributed by atoms with van der Waals surface area (Å²) in [5.41, 5.74) is 4.31. The molecule has 1 aliphatic rings. The van der Waals surface area contributed by atoms with Crippen LogP contribution in [0.1, 0.15) is 22.4 Å². The van der Waals surface area contributed by atoms with Gasteiger partial charge >= 0.3 is 0 Å². The number of carbonyl (C=O) groups excluding carboxylic acids is 1. The lowest BCUT2D eigenvalue weighted by Crippen LogP contribution is -2.35. The predicted octanol–water partition coefficient (Wildman–Crippen LogP) is 4.47. The number of nitrogens with one attached hydrogen (secondary N) is 2. The van der Waals surface area contributed by atoms with Gasteiger partial charge in [-0.1, -0.05) is 0 Å². The average Bonchev–Trinajstić information content (AvgIpc) is 3.48. The van der Waals surface area contributed by atoms with Crippen molar-refractivity contribution in [2.75, 3.05) is 12.4 Å². The van der Waals surface area contributed by atoms with E-state index in [0.717, 1.165) is 57.5 Å². The summed E-state index contributed by atoms with van der Waals surface area (Å²) < 4.78 is 0. The fourth-order valence-electron chi connectivity index (χ4n) is 4.72. The van der Waals surface area contributed by atoms with Gasteiger partial charge in [-0.2, -0.15) is 5.10 Å². The van der Waals surface area contributed by atoms with E-state index in [4.69, 9.17) is 0 Å². The number of aromatic amines is 1. The van der Waals surface area contributed by atoms with Gasteiger partial charge in [-0.25, -0.2) is 9.97 Å². The molecule has 0 bridgehead atoms. The van der Waals surface area contributed by atoms with Gasteiger partial charge in [-0.3, -0.25) is 14.9 Å². The molecular weight excluding hydrogens is 446 g/mol. The molecular formula is C25H23N7OS. The van der Waals surface area contributed by atoms with Crippen molar-refractivity contribution >= 4 is 49.9 Å². The quantitative estimate of drug-likeness (QED) is 0.394. The summed E-state index contributed by atoms with van der Waals surface area (Å²) in [6.45, 7) is 0.595. The van der Waals surface area contributed by atoms with E-state index in [9.17, 15) is 4.79 Å². The molecule has 0 fully saturated rings. The first-order chi connectivity index (χ1) is 16.7. The monoisotopic (exact) mass is 469 g/mol. The van der Waals surface area contributed by atoms with Crippen molar-refractivity contribution in [1.82, 2.24) is 30.0 Å². The van der Waals surface area contributed by atoms with Gasteiger partial charge in [0.1, 0.15) is 17.0 Å². The first-order valence-corrected chi connectivity index (χ1v) is 12.1. The maximum Gasteiger partial charge on any atom is 0.226 e. The Morgan fingerprint density at radius 2 is 2.12 bits per heavy atom. The normalized spacial score (nSPS) is 15.4. The maximum absolute atomic E-state index is 13.2. The molecule has 2 N–H and O–H groups in total. The topological polar surface area (TPSA) is 99.7 Å². The Morgan fingerprint density at radius 3 is 3.00 bits per heavy atom. The van der Waals surface area contributed by atoms with Gasteiger partial charge in [0, 0.05) is 47.9 Å². The van der Waals surface area contributed by atoms with E-state index in [1.807, 2.05) is 42.4 Å². The first-order valence-electron chi connectivity index (χ1n) is 11.2. The second kappa shape index (κ2) is 8.49. The lowest BCUT2D eigenvalue weighted by Gasteiger charge is -2.27. The van der Waals surface area contributed by atoms with E-state index in [-0.39, 0.29) is 11.8 Å². The highest BCUT2D eigenvalue weighted by molar-refractivity contribution is 7.19. The Balaban J connectivity index is 1.25. The number of hydrogen-bond donors (Lipinski definition) is 2. The van der Waals surface area contributed by atoms with Gasteiger partial charge in [-0.05, 0) is 60.7 Å². The van der Waals surface area contributed by atoms with Gasteiger partial charge < -0.3 is 10.2 Å². The molecule has 1 amide bonds. The summed E-state index contributed by atoms with van der Waals surface area (Å²) in [5, 5.41) is 12.7. The number of anilines is 2. The molecule has 0 saturated carbocycles. The SMILES string of the molecule is CN(Cc1ccncc1)C(=O)[C@H]1CCc2c(sc3ncnc(Nc4ccc5[nH]ncc5c4)c23)C1. The molecule has 1 atom stereocenters. The lowest BCUT2D eigenvalue weighted by atomic mass is 9.87. The molecule has 0 spiro atoms. The highest BCUT2D eigenvalue weighted by atomic mass is 32.1. The van der Waals surface area contributed by atoms with Gasteiger partial charge in [0.05, 0.1) is 17.1 Å². The molecule has 1 aliphatic carbocycles. The van der Waals surface area contributed by atoms with Crippen LogP contribution in [0.15, 0.2) is 55.2 Å². The molecule has 4 aromatic heterocycles. The Bertz CT molecular complexity index is 1490. The van der Waals surface area contributed by atoms with Crippen LogP contribution in [0, 0.1) is 5.92 Å². The minimum absolute atomic E-state index is 0.0136. The number of amides is 1. The summed E-state index contributed by atoms with van der Waals surface area (Å²) >= 11 is 1.68. The Labute approximate surface area is 200 Å². The van der Waals surface area contributed by atoms with E-state index in [0.29, 0.717) is 6.54 Å². The van der Waals surface area contributed by atoms with Crippen molar-refractivity contribution in [3.05, 3.63) is 71.3 Å². The number of nitrogens with zero attached hydrogens (tertiary/aromatic N) is 5. The lowest BCUT2D eigenvalue weighted by molar-refractivity contribution is -0.135. The fraction of sp³-hybridized carbons (Fsp3) is 0.240. The molecule has 5 aromatic rings. The Kier molecular flexibility index (Phi) is 5.18. The molecule has 0 aliphatic heterocycles. The van der Waals surface area contributed by atoms with Crippen LogP contribution >= 0.6 is 11.3 Å². The molecule has 4 heterocycles. The second-order valence-corrected chi connectivity index (χ2v) is 9.78. The summed E-state index contributed by atoms with van der Waals surface area (Å²) in [4.78, 5) is 30.4. The Hall–Kier alpha value is -3.85. The largest absolute Gasteiger partial charge is 0.341 e. The average molecular weight is 470 g/mol. The number of benzene rings is 1. The highest BCUT2D eigenvalue weighted by Crippen LogP contribution is 2.41. The highest BCUT2D eigenvalue weighted by Gasteiger charge is 2.30. The molecule has 8 nitrogen and oxygen atoms in total. The van der Waals surface area contributed by atoms with Gasteiger partial charge in [0.2, 0.25) is 5.91 Å². The van der Waals surface area contributed by atoms with E-state index in [2.05, 4.69) is 36.5 Å². The molecule has 0 unspecified atom stereocenters. The standard InChI is InChI=1S/C25H23N7OS/c1-32(13-15-6-8-26-9-7-15)25(33)16-2-4-19-21(11-16)34-24-22(19)23(27-14-28-24)30-18-3-5-20-17(10-18)12-29-31-20/h3,5-10,12,14,16H,2,4,11,13H2,1H3,(H,29,31)(H,27,28,30)/t16-/m0/s1. The van der Waals surface area contributed by atoms with Crippen molar-refractivity contribution in [2.24, 2.45) is 5.92 Å². The maximum atomic E-state index is 13.2. The third-order valence-electron chi connectivity index (χ3n) is 6.44. The molecule has 9 heteroatoms. The number of H-pyrrole nitrogens is 1. The van der Waals surface area contributed by atoms with Crippen molar-refractivity contribution < 1.29 is 4.79 Å². The minimum atomic E-state index is -0.0136. The summed E-state index contributed by atoms with van der Waals surface area (Å²) in [6, 6.07) is 9.98. The summed E-state index contributed by atoms with van der Waals surface area (Å²) in [6.07, 6.45) is 9.36. The smallest absolute Gasteiger partial charge is 0.226 e. The zero-order valence-corrected chi connectivity index (χ0v) is 19.5. The minimum Gasteiger partial charge on any atom is -0.341 e. The third-order valence-corrected chi connectivity index (χ3v) is 7.61. The second-order valence-electron chi connectivity index (χ2n) is 8.69. The van der Waals surface area contributed by atoms with Crippen LogP contribution < -0.4 is 5.32 Å². The van der Waals surface area contributed by atoms with Crippen LogP contribution in [0.3, 0.4) is 0 Å². The van der Waals surface area contributed by atoms with E-state index in [1.54, 1.807) is 30.1 Å². The van der Waals surface area contributed by atoms with Crippen molar-refractivity contribution in [2.45, 2.75) is 25.8 Å². The van der Waals surface area contributed by atoms with Crippen LogP contribution in [0.25, 0.3) is 21.1 Å². The number of hydrogen-bond acceptors (Lipinski definition) is 7. The summed E-state index contributed by atoms with van der Waals surface area (Å²) in [5.74, 6) is 0.989. The zero-order valence-electron chi connectivity index (χ0n) is 18.7. The number of thiophene rings is 1. The van der Waals surface area contributed by atoms with Gasteiger partial charge in [-0.15, -0.1) is 11.3 Å². The molecule has 34 heavy (non-hydrogen) atoms. The van der Waals surface area contributed by atoms with E-state index in [1.165, 1.54) is 10.4 Å². The van der Waals surface area contributed by atoms with Crippen LogP contribution in [-0.2, 0) is 24.2 Å². The van der Waals surface area contributed by atoms with Crippen molar-refractivity contribution in [3.63, 3.8) is 0 Å². The number of rotatable bonds is 5. The number of aromatic nitrogens is 5. The zero-order chi connectivity index (χ0) is 23.1. The van der Waals surface area contributed by atoms with Crippen LogP contribution in [-0.4, -0.2) is 43.0 Å². The van der Waals surface area contributed by atoms with Gasteiger partial charge in [0.15, 0.2) is 0 Å². The van der Waals surface area contributed by atoms with Crippen LogP contribution in [0.5, 0.6) is 0 Å². The van der Waals surface area contributed by atoms with Crippen LogP contribution in [0.2, 0.25) is 0 Å². The number of carbonyl (C=O) groups is 1. The Morgan fingerprint density at radius 1 is 1.24 bits per heavy atom. The number of pyridine rings is 1. The summed E-state index contributed by atoms with van der Waals surface area (Å²) in [7, 11) is 1.88. The molecule has 0 saturated heterocycles. The predicted molar refractivity (Wildman–Crippen MR) is 133 cm³/mol. The molecule has 0 radical (unpaired) electrons. The number of fused-ring (bicyclic) bond motifs is 4. The third kappa shape index (κ3) is 3.77. The first kappa shape index (κ1) is 20.7. The molecule has 170 valence electrons. The van der Waals surface area contributed by atoms with Crippen molar-refractivity contribution in [3.8, 4) is 0 Å². The van der Waals surface area contributed by atoms with E-state index >= 15 is 0 Å². The van der Waals surface area contributed by atoms with Gasteiger partial charge in [0.25, 0.3) is 0 Å². The molecule has 6 rings (SSSR count). The van der Waals surface area contributed by atoms with Crippen LogP contribution in [0.4, 0.5) is 11.5 Å².